The monoisotopic (exact) mass is 275 g/mol. The van der Waals surface area contributed by atoms with Gasteiger partial charge in [-0.2, -0.15) is 0 Å². The second kappa shape index (κ2) is 6.62. The van der Waals surface area contributed by atoms with E-state index in [9.17, 15) is 0 Å². The van der Waals surface area contributed by atoms with Crippen LogP contribution in [0.5, 0.6) is 5.75 Å². The maximum absolute atomic E-state index is 6.48. The molecule has 2 rings (SSSR count). The Morgan fingerprint density at radius 1 is 1.30 bits per heavy atom. The van der Waals surface area contributed by atoms with Gasteiger partial charge in [0.15, 0.2) is 0 Å². The summed E-state index contributed by atoms with van der Waals surface area (Å²) in [6, 6.07) is 8.94. The quantitative estimate of drug-likeness (QED) is 0.812. The van der Waals surface area contributed by atoms with Gasteiger partial charge in [0.25, 0.3) is 0 Å². The van der Waals surface area contributed by atoms with Crippen LogP contribution >= 0.6 is 0 Å². The first-order valence-electron chi connectivity index (χ1n) is 8.15. The molecule has 0 aliphatic carbocycles. The zero-order chi connectivity index (χ0) is 14.6. The molecule has 0 saturated heterocycles. The van der Waals surface area contributed by atoms with Gasteiger partial charge in [0, 0.05) is 18.0 Å². The van der Waals surface area contributed by atoms with Gasteiger partial charge in [-0.15, -0.1) is 0 Å². The fraction of sp³-hybridized carbons (Fsp3) is 0.667. The number of para-hydroxylation sites is 1. The molecule has 0 bridgehead atoms. The molecule has 2 heteroatoms. The zero-order valence-electron chi connectivity index (χ0n) is 13.4. The van der Waals surface area contributed by atoms with Crippen LogP contribution in [0.1, 0.15) is 65.0 Å². The summed E-state index contributed by atoms with van der Waals surface area (Å²) in [6.45, 7) is 10.1. The number of rotatable bonds is 6. The fourth-order valence-corrected chi connectivity index (χ4v) is 3.31. The smallest absolute Gasteiger partial charge is 0.124 e. The highest BCUT2D eigenvalue weighted by Gasteiger charge is 2.39. The van der Waals surface area contributed by atoms with E-state index >= 15 is 0 Å². The van der Waals surface area contributed by atoms with E-state index in [-0.39, 0.29) is 5.60 Å². The summed E-state index contributed by atoms with van der Waals surface area (Å²) in [6.07, 6.45) is 4.53. The Morgan fingerprint density at radius 2 is 2.05 bits per heavy atom. The Morgan fingerprint density at radius 3 is 2.70 bits per heavy atom. The van der Waals surface area contributed by atoms with E-state index in [4.69, 9.17) is 4.74 Å². The Balaban J connectivity index is 2.29. The van der Waals surface area contributed by atoms with Crippen LogP contribution in [0.2, 0.25) is 0 Å². The zero-order valence-corrected chi connectivity index (χ0v) is 13.4. The highest BCUT2D eigenvalue weighted by Crippen LogP contribution is 2.44. The standard InChI is InChI=1S/C18H29NO/c1-5-14(4)12-18(6-2)13-16(19-7-3)15-10-8-9-11-17(15)20-18/h8-11,14,16,19H,5-7,12-13H2,1-4H3. The van der Waals surface area contributed by atoms with E-state index < -0.39 is 0 Å². The van der Waals surface area contributed by atoms with Crippen LogP contribution in [0.3, 0.4) is 0 Å². The summed E-state index contributed by atoms with van der Waals surface area (Å²) >= 11 is 0. The third-order valence-electron chi connectivity index (χ3n) is 4.71. The molecule has 20 heavy (non-hydrogen) atoms. The first-order valence-corrected chi connectivity index (χ1v) is 8.15. The Kier molecular flexibility index (Phi) is 5.09. The van der Waals surface area contributed by atoms with Gasteiger partial charge in [-0.05, 0) is 31.4 Å². The van der Waals surface area contributed by atoms with Crippen LogP contribution in [0.4, 0.5) is 0 Å². The van der Waals surface area contributed by atoms with E-state index in [1.165, 1.54) is 12.0 Å². The van der Waals surface area contributed by atoms with Crippen molar-refractivity contribution in [3.8, 4) is 5.75 Å². The average Bonchev–Trinajstić information content (AvgIpc) is 2.47. The molecule has 1 N–H and O–H groups in total. The van der Waals surface area contributed by atoms with Crippen molar-refractivity contribution in [2.75, 3.05) is 6.54 Å². The molecule has 0 aromatic heterocycles. The third-order valence-corrected chi connectivity index (χ3v) is 4.71. The maximum Gasteiger partial charge on any atom is 0.124 e. The second-order valence-corrected chi connectivity index (χ2v) is 6.21. The summed E-state index contributed by atoms with van der Waals surface area (Å²) in [4.78, 5) is 0. The maximum atomic E-state index is 6.48. The molecule has 2 nitrogen and oxygen atoms in total. The second-order valence-electron chi connectivity index (χ2n) is 6.21. The highest BCUT2D eigenvalue weighted by molar-refractivity contribution is 5.39. The van der Waals surface area contributed by atoms with E-state index in [1.54, 1.807) is 0 Å². The van der Waals surface area contributed by atoms with Crippen molar-refractivity contribution in [2.45, 2.75) is 65.0 Å². The van der Waals surface area contributed by atoms with Crippen molar-refractivity contribution >= 4 is 0 Å². The molecule has 3 atom stereocenters. The van der Waals surface area contributed by atoms with Crippen molar-refractivity contribution in [1.82, 2.24) is 5.32 Å². The molecule has 0 radical (unpaired) electrons. The molecule has 1 heterocycles. The molecular formula is C18H29NO. The van der Waals surface area contributed by atoms with E-state index in [2.05, 4.69) is 57.3 Å². The third kappa shape index (κ3) is 3.17. The van der Waals surface area contributed by atoms with Gasteiger partial charge in [-0.3, -0.25) is 0 Å². The molecule has 1 aliphatic heterocycles. The fourth-order valence-electron chi connectivity index (χ4n) is 3.31. The Bertz CT molecular complexity index is 431. The van der Waals surface area contributed by atoms with Gasteiger partial charge in [0.05, 0.1) is 0 Å². The summed E-state index contributed by atoms with van der Waals surface area (Å²) in [5.74, 6) is 1.79. The van der Waals surface area contributed by atoms with Crippen LogP contribution in [0.25, 0.3) is 0 Å². The summed E-state index contributed by atoms with van der Waals surface area (Å²) in [5.41, 5.74) is 1.32. The van der Waals surface area contributed by atoms with Gasteiger partial charge in [-0.1, -0.05) is 52.3 Å². The lowest BCUT2D eigenvalue weighted by molar-refractivity contribution is 0.00583. The number of benzene rings is 1. The first kappa shape index (κ1) is 15.4. The molecule has 112 valence electrons. The van der Waals surface area contributed by atoms with Crippen LogP contribution in [0, 0.1) is 5.92 Å². The summed E-state index contributed by atoms with van der Waals surface area (Å²) in [5, 5.41) is 3.64. The molecular weight excluding hydrogens is 246 g/mol. The van der Waals surface area contributed by atoms with Crippen molar-refractivity contribution in [3.05, 3.63) is 29.8 Å². The predicted octanol–water partition coefficient (Wildman–Crippen LogP) is 4.70. The topological polar surface area (TPSA) is 21.3 Å². The largest absolute Gasteiger partial charge is 0.487 e. The first-order chi connectivity index (χ1) is 9.64. The van der Waals surface area contributed by atoms with Crippen LogP contribution in [-0.2, 0) is 0 Å². The van der Waals surface area contributed by atoms with Crippen LogP contribution < -0.4 is 10.1 Å². The van der Waals surface area contributed by atoms with Crippen molar-refractivity contribution in [3.63, 3.8) is 0 Å². The predicted molar refractivity (Wildman–Crippen MR) is 85.2 cm³/mol. The summed E-state index contributed by atoms with van der Waals surface area (Å²) < 4.78 is 6.48. The normalized spacial score (nSPS) is 26.7. The van der Waals surface area contributed by atoms with Gasteiger partial charge >= 0.3 is 0 Å². The van der Waals surface area contributed by atoms with E-state index in [0.717, 1.165) is 31.6 Å². The minimum atomic E-state index is -0.00336. The molecule has 1 aromatic carbocycles. The lowest BCUT2D eigenvalue weighted by Gasteiger charge is -2.43. The Hall–Kier alpha value is -1.02. The highest BCUT2D eigenvalue weighted by atomic mass is 16.5. The van der Waals surface area contributed by atoms with Crippen LogP contribution in [-0.4, -0.2) is 12.1 Å². The lowest BCUT2D eigenvalue weighted by atomic mass is 9.79. The SMILES string of the molecule is CCNC1CC(CC)(CC(C)CC)Oc2ccccc21. The van der Waals surface area contributed by atoms with Gasteiger partial charge in [0.1, 0.15) is 11.4 Å². The van der Waals surface area contributed by atoms with Crippen LogP contribution in [0.15, 0.2) is 24.3 Å². The minimum Gasteiger partial charge on any atom is -0.487 e. The molecule has 0 spiro atoms. The molecule has 3 unspecified atom stereocenters. The van der Waals surface area contributed by atoms with E-state index in [0.29, 0.717) is 12.0 Å². The number of hydrogen-bond acceptors (Lipinski definition) is 2. The molecule has 1 aliphatic rings. The molecule has 1 aromatic rings. The average molecular weight is 275 g/mol. The van der Waals surface area contributed by atoms with Gasteiger partial charge in [0.2, 0.25) is 0 Å². The molecule has 0 amide bonds. The number of ether oxygens (including phenoxy) is 1. The van der Waals surface area contributed by atoms with Gasteiger partial charge in [-0.25, -0.2) is 0 Å². The minimum absolute atomic E-state index is 0.00336. The van der Waals surface area contributed by atoms with Crippen molar-refractivity contribution < 1.29 is 4.74 Å². The van der Waals surface area contributed by atoms with Crippen molar-refractivity contribution in [1.29, 1.82) is 0 Å². The van der Waals surface area contributed by atoms with Crippen molar-refractivity contribution in [2.24, 2.45) is 5.92 Å². The van der Waals surface area contributed by atoms with E-state index in [1.807, 2.05) is 0 Å². The summed E-state index contributed by atoms with van der Waals surface area (Å²) in [7, 11) is 0. The number of hydrogen-bond donors (Lipinski definition) is 1. The number of nitrogens with one attached hydrogen (secondary N) is 1. The lowest BCUT2D eigenvalue weighted by Crippen LogP contribution is -2.44. The van der Waals surface area contributed by atoms with Gasteiger partial charge < -0.3 is 10.1 Å². The Labute approximate surface area is 123 Å². The number of fused-ring (bicyclic) bond motifs is 1. The molecule has 0 saturated carbocycles. The molecule has 0 fully saturated rings.